The van der Waals surface area contributed by atoms with Crippen molar-refractivity contribution in [2.45, 2.75) is 39.2 Å². The molecule has 2 nitrogen and oxygen atoms in total. The van der Waals surface area contributed by atoms with Gasteiger partial charge in [-0.1, -0.05) is 22.9 Å². The highest BCUT2D eigenvalue weighted by atomic mass is 79.9. The predicted molar refractivity (Wildman–Crippen MR) is 74.2 cm³/mol. The van der Waals surface area contributed by atoms with Crippen molar-refractivity contribution in [1.82, 2.24) is 0 Å². The molecule has 0 saturated heterocycles. The molecule has 1 rings (SSSR count). The zero-order valence-electron chi connectivity index (χ0n) is 10.6. The summed E-state index contributed by atoms with van der Waals surface area (Å²) in [7, 11) is 0. The molecule has 0 fully saturated rings. The van der Waals surface area contributed by atoms with E-state index >= 15 is 0 Å². The topological polar surface area (TPSA) is 26.3 Å². The molecule has 0 heterocycles. The summed E-state index contributed by atoms with van der Waals surface area (Å²) >= 11 is 3.41. The van der Waals surface area contributed by atoms with Crippen molar-refractivity contribution in [2.24, 2.45) is 0 Å². The molecule has 0 aromatic heterocycles. The van der Waals surface area contributed by atoms with Crippen molar-refractivity contribution in [3.63, 3.8) is 0 Å². The van der Waals surface area contributed by atoms with E-state index in [9.17, 15) is 4.79 Å². The number of Topliss-reactive ketones (excluding diaryl/α,β-unsaturated/α-hetero) is 1. The van der Waals surface area contributed by atoms with Gasteiger partial charge in [-0.2, -0.15) is 0 Å². The normalized spacial score (nSPS) is 11.3. The Hall–Kier alpha value is -0.830. The van der Waals surface area contributed by atoms with Gasteiger partial charge in [-0.25, -0.2) is 0 Å². The van der Waals surface area contributed by atoms with E-state index < -0.39 is 0 Å². The van der Waals surface area contributed by atoms with Gasteiger partial charge in [-0.05, 0) is 44.5 Å². The molecule has 0 spiro atoms. The maximum Gasteiger partial charge on any atom is 0.162 e. The molecule has 0 unspecified atom stereocenters. The minimum atomic E-state index is -0.195. The van der Waals surface area contributed by atoms with E-state index in [0.29, 0.717) is 6.42 Å². The summed E-state index contributed by atoms with van der Waals surface area (Å²) in [6.07, 6.45) is 1.47. The Morgan fingerprint density at radius 1 is 1.29 bits per heavy atom. The van der Waals surface area contributed by atoms with E-state index in [2.05, 4.69) is 29.8 Å². The Balaban J connectivity index is 2.71. The van der Waals surface area contributed by atoms with Crippen molar-refractivity contribution in [2.75, 3.05) is 5.33 Å². The Morgan fingerprint density at radius 2 is 1.88 bits per heavy atom. The van der Waals surface area contributed by atoms with E-state index in [1.54, 1.807) is 0 Å². The lowest BCUT2D eigenvalue weighted by Crippen LogP contribution is -2.28. The minimum Gasteiger partial charge on any atom is -0.488 e. The summed E-state index contributed by atoms with van der Waals surface area (Å²) < 4.78 is 5.87. The van der Waals surface area contributed by atoms with Crippen LogP contribution < -0.4 is 4.74 Å². The molecule has 0 aliphatic rings. The number of benzene rings is 1. The maximum atomic E-state index is 11.5. The van der Waals surface area contributed by atoms with Gasteiger partial charge in [0.2, 0.25) is 0 Å². The molecular formula is C14H19BrO2. The highest BCUT2D eigenvalue weighted by molar-refractivity contribution is 9.09. The van der Waals surface area contributed by atoms with E-state index in [-0.39, 0.29) is 11.4 Å². The van der Waals surface area contributed by atoms with Gasteiger partial charge < -0.3 is 4.74 Å². The quantitative estimate of drug-likeness (QED) is 0.580. The van der Waals surface area contributed by atoms with Gasteiger partial charge in [-0.15, -0.1) is 0 Å². The summed E-state index contributed by atoms with van der Waals surface area (Å²) in [5.41, 5.74) is 0.554. The number of carbonyl (C=O) groups is 1. The van der Waals surface area contributed by atoms with Crippen LogP contribution in [-0.2, 0) is 0 Å². The first-order valence-electron chi connectivity index (χ1n) is 5.87. The summed E-state index contributed by atoms with van der Waals surface area (Å²) in [6, 6.07) is 7.37. The molecule has 0 amide bonds. The van der Waals surface area contributed by atoms with Crippen LogP contribution in [0.15, 0.2) is 24.3 Å². The lowest BCUT2D eigenvalue weighted by atomic mass is 10.1. The summed E-state index contributed by atoms with van der Waals surface area (Å²) in [5.74, 6) is 0.972. The number of alkyl halides is 1. The second-order valence-corrected chi connectivity index (χ2v) is 5.39. The average molecular weight is 299 g/mol. The molecular weight excluding hydrogens is 280 g/mol. The average Bonchev–Trinajstić information content (AvgIpc) is 2.28. The zero-order chi connectivity index (χ0) is 12.9. The number of ether oxygens (including phenoxy) is 1. The Labute approximate surface area is 111 Å². The third-order valence-electron chi connectivity index (χ3n) is 2.59. The number of hydrogen-bond donors (Lipinski definition) is 0. The minimum absolute atomic E-state index is 0.163. The van der Waals surface area contributed by atoms with Crippen molar-refractivity contribution in [1.29, 1.82) is 0 Å². The van der Waals surface area contributed by atoms with Crippen LogP contribution in [0.1, 0.15) is 44.0 Å². The van der Waals surface area contributed by atoms with Crippen molar-refractivity contribution >= 4 is 21.7 Å². The van der Waals surface area contributed by atoms with Crippen LogP contribution in [0, 0.1) is 0 Å². The van der Waals surface area contributed by atoms with Gasteiger partial charge >= 0.3 is 0 Å². The summed E-state index contributed by atoms with van der Waals surface area (Å²) in [5, 5.41) is 0.909. The molecule has 94 valence electrons. The van der Waals surface area contributed by atoms with Crippen LogP contribution in [0.5, 0.6) is 5.75 Å². The third-order valence-corrected chi connectivity index (χ3v) is 2.98. The lowest BCUT2D eigenvalue weighted by molar-refractivity contribution is 0.0987. The fourth-order valence-corrected chi connectivity index (χ4v) is 2.47. The first-order chi connectivity index (χ1) is 7.98. The van der Waals surface area contributed by atoms with Crippen molar-refractivity contribution in [3.8, 4) is 5.75 Å². The molecule has 17 heavy (non-hydrogen) atoms. The lowest BCUT2D eigenvalue weighted by Gasteiger charge is -2.25. The standard InChI is InChI=1S/C14H19BrO2/c1-4-13(16)11-5-7-12(8-6-11)17-14(2,3)9-10-15/h5-8H,4,9-10H2,1-3H3. The second kappa shape index (κ2) is 6.20. The number of hydrogen-bond acceptors (Lipinski definition) is 2. The predicted octanol–water partition coefficient (Wildman–Crippen LogP) is 4.22. The molecule has 0 aliphatic heterocycles. The molecule has 0 N–H and O–H groups in total. The van der Waals surface area contributed by atoms with Gasteiger partial charge in [0.1, 0.15) is 11.4 Å². The van der Waals surface area contributed by atoms with Gasteiger partial charge in [0.15, 0.2) is 5.78 Å². The van der Waals surface area contributed by atoms with Crippen LogP contribution in [0.3, 0.4) is 0 Å². The van der Waals surface area contributed by atoms with Crippen LogP contribution in [-0.4, -0.2) is 16.7 Å². The zero-order valence-corrected chi connectivity index (χ0v) is 12.2. The van der Waals surface area contributed by atoms with Gasteiger partial charge in [0.05, 0.1) is 0 Å². The highest BCUT2D eigenvalue weighted by Gasteiger charge is 2.18. The Bertz CT molecular complexity index is 368. The van der Waals surface area contributed by atoms with Crippen molar-refractivity contribution < 1.29 is 9.53 Å². The molecule has 0 saturated carbocycles. The van der Waals surface area contributed by atoms with Gasteiger partial charge in [0.25, 0.3) is 0 Å². The molecule has 0 bridgehead atoms. The third kappa shape index (κ3) is 4.50. The fraction of sp³-hybridized carbons (Fsp3) is 0.500. The fourth-order valence-electron chi connectivity index (χ4n) is 1.51. The van der Waals surface area contributed by atoms with Gasteiger partial charge in [0, 0.05) is 17.3 Å². The van der Waals surface area contributed by atoms with Crippen LogP contribution >= 0.6 is 15.9 Å². The number of carbonyl (C=O) groups excluding carboxylic acids is 1. The van der Waals surface area contributed by atoms with Gasteiger partial charge in [-0.3, -0.25) is 4.79 Å². The number of halogens is 1. The number of rotatable bonds is 6. The first kappa shape index (κ1) is 14.2. The van der Waals surface area contributed by atoms with Crippen LogP contribution in [0.25, 0.3) is 0 Å². The van der Waals surface area contributed by atoms with Crippen LogP contribution in [0.2, 0.25) is 0 Å². The molecule has 0 aliphatic carbocycles. The molecule has 1 aromatic rings. The highest BCUT2D eigenvalue weighted by Crippen LogP contribution is 2.22. The van der Waals surface area contributed by atoms with E-state index in [1.165, 1.54) is 0 Å². The molecule has 3 heteroatoms. The number of ketones is 1. The molecule has 1 aromatic carbocycles. The summed E-state index contributed by atoms with van der Waals surface area (Å²) in [4.78, 5) is 11.5. The smallest absolute Gasteiger partial charge is 0.162 e. The van der Waals surface area contributed by atoms with E-state index in [1.807, 2.05) is 31.2 Å². The molecule has 0 atom stereocenters. The maximum absolute atomic E-state index is 11.5. The second-order valence-electron chi connectivity index (χ2n) is 4.60. The molecule has 0 radical (unpaired) electrons. The van der Waals surface area contributed by atoms with Crippen LogP contribution in [0.4, 0.5) is 0 Å². The van der Waals surface area contributed by atoms with Crippen molar-refractivity contribution in [3.05, 3.63) is 29.8 Å². The Morgan fingerprint density at radius 3 is 2.35 bits per heavy atom. The first-order valence-corrected chi connectivity index (χ1v) is 6.99. The van der Waals surface area contributed by atoms with E-state index in [4.69, 9.17) is 4.74 Å². The largest absolute Gasteiger partial charge is 0.488 e. The monoisotopic (exact) mass is 298 g/mol. The summed E-state index contributed by atoms with van der Waals surface area (Å²) in [6.45, 7) is 5.98. The SMILES string of the molecule is CCC(=O)c1ccc(OC(C)(C)CCBr)cc1. The van der Waals surface area contributed by atoms with E-state index in [0.717, 1.165) is 23.1 Å². The Kier molecular flexibility index (Phi) is 5.19.